The highest BCUT2D eigenvalue weighted by Crippen LogP contribution is 2.56. The monoisotopic (exact) mass is 319 g/mol. The second-order valence-corrected chi connectivity index (χ2v) is 9.12. The second kappa shape index (κ2) is 8.19. The van der Waals surface area contributed by atoms with E-state index in [1.54, 1.807) is 5.57 Å². The first kappa shape index (κ1) is 19.0. The summed E-state index contributed by atoms with van der Waals surface area (Å²) in [5.74, 6) is 1.63. The standard InChI is InChI=1S/C22H41N/c1-5-22(4,18-16-17-18)20-15-13-11-9-7-6-8-10-12-14-19(20)21(2,3)23/h14,18,20H,5-13,15-17,23H2,1-4H3. The minimum absolute atomic E-state index is 0.167. The molecule has 1 heteroatoms. The number of hydrogen-bond acceptors (Lipinski definition) is 1. The Hall–Kier alpha value is -0.300. The van der Waals surface area contributed by atoms with Crippen molar-refractivity contribution >= 4 is 0 Å². The van der Waals surface area contributed by atoms with Gasteiger partial charge in [0.15, 0.2) is 0 Å². The SMILES string of the molecule is CCC(C)(C1CC1)C1CCCCCCCCCC=C1C(C)(C)N. The minimum Gasteiger partial charge on any atom is -0.322 e. The van der Waals surface area contributed by atoms with Gasteiger partial charge in [-0.3, -0.25) is 0 Å². The van der Waals surface area contributed by atoms with E-state index in [0.717, 1.165) is 5.92 Å². The average Bonchev–Trinajstić information content (AvgIpc) is 3.30. The Kier molecular flexibility index (Phi) is 6.77. The molecule has 23 heavy (non-hydrogen) atoms. The molecule has 1 fully saturated rings. The minimum atomic E-state index is -0.167. The summed E-state index contributed by atoms with van der Waals surface area (Å²) in [5, 5.41) is 0. The quantitative estimate of drug-likeness (QED) is 0.579. The van der Waals surface area contributed by atoms with Crippen molar-refractivity contribution in [3.8, 4) is 0 Å². The summed E-state index contributed by atoms with van der Waals surface area (Å²) in [4.78, 5) is 0. The molecule has 1 nitrogen and oxygen atoms in total. The van der Waals surface area contributed by atoms with Crippen LogP contribution in [0.3, 0.4) is 0 Å². The van der Waals surface area contributed by atoms with Crippen LogP contribution >= 0.6 is 0 Å². The lowest BCUT2D eigenvalue weighted by Gasteiger charge is -2.43. The van der Waals surface area contributed by atoms with Crippen LogP contribution in [-0.2, 0) is 0 Å². The molecule has 0 radical (unpaired) electrons. The van der Waals surface area contributed by atoms with Crippen LogP contribution in [0.25, 0.3) is 0 Å². The van der Waals surface area contributed by atoms with Crippen molar-refractivity contribution in [3.63, 3.8) is 0 Å². The van der Waals surface area contributed by atoms with Gasteiger partial charge in [0.25, 0.3) is 0 Å². The molecule has 0 aromatic heterocycles. The summed E-state index contributed by atoms with van der Waals surface area (Å²) in [6.07, 6.45) is 19.2. The molecule has 0 aromatic carbocycles. The molecular formula is C22H41N. The molecule has 2 atom stereocenters. The highest BCUT2D eigenvalue weighted by atomic mass is 14.7. The summed E-state index contributed by atoms with van der Waals surface area (Å²) < 4.78 is 0. The maximum atomic E-state index is 6.68. The van der Waals surface area contributed by atoms with Crippen molar-refractivity contribution in [1.29, 1.82) is 0 Å². The van der Waals surface area contributed by atoms with Crippen LogP contribution < -0.4 is 5.73 Å². The lowest BCUT2D eigenvalue weighted by molar-refractivity contribution is 0.145. The summed E-state index contributed by atoms with van der Waals surface area (Å²) in [6.45, 7) is 9.46. The molecule has 1 saturated carbocycles. The van der Waals surface area contributed by atoms with Gasteiger partial charge in [-0.05, 0) is 69.6 Å². The lowest BCUT2D eigenvalue weighted by atomic mass is 9.63. The van der Waals surface area contributed by atoms with Gasteiger partial charge in [-0.25, -0.2) is 0 Å². The molecule has 2 aliphatic carbocycles. The van der Waals surface area contributed by atoms with E-state index in [0.29, 0.717) is 11.3 Å². The van der Waals surface area contributed by atoms with Crippen molar-refractivity contribution in [1.82, 2.24) is 0 Å². The number of rotatable bonds is 4. The topological polar surface area (TPSA) is 26.0 Å². The first-order valence-corrected chi connectivity index (χ1v) is 10.4. The van der Waals surface area contributed by atoms with Gasteiger partial charge in [-0.2, -0.15) is 0 Å². The molecule has 0 bridgehead atoms. The van der Waals surface area contributed by atoms with Gasteiger partial charge in [0, 0.05) is 5.54 Å². The van der Waals surface area contributed by atoms with E-state index in [-0.39, 0.29) is 5.54 Å². The highest BCUT2D eigenvalue weighted by Gasteiger charge is 2.47. The van der Waals surface area contributed by atoms with Crippen LogP contribution in [0.15, 0.2) is 11.6 Å². The largest absolute Gasteiger partial charge is 0.322 e. The molecule has 0 spiro atoms. The van der Waals surface area contributed by atoms with Gasteiger partial charge < -0.3 is 5.73 Å². The zero-order chi connectivity index (χ0) is 16.9. The predicted molar refractivity (Wildman–Crippen MR) is 103 cm³/mol. The van der Waals surface area contributed by atoms with E-state index in [1.165, 1.54) is 77.0 Å². The molecule has 0 saturated heterocycles. The zero-order valence-electron chi connectivity index (χ0n) is 16.3. The van der Waals surface area contributed by atoms with Crippen molar-refractivity contribution < 1.29 is 0 Å². The van der Waals surface area contributed by atoms with Crippen molar-refractivity contribution in [2.75, 3.05) is 0 Å². The van der Waals surface area contributed by atoms with E-state index in [9.17, 15) is 0 Å². The van der Waals surface area contributed by atoms with Crippen LogP contribution in [0.4, 0.5) is 0 Å². The molecule has 0 heterocycles. The molecule has 2 aliphatic rings. The number of allylic oxidation sites excluding steroid dienone is 1. The Balaban J connectivity index is 2.28. The van der Waals surface area contributed by atoms with Crippen LogP contribution in [0.1, 0.15) is 105 Å². The van der Waals surface area contributed by atoms with Gasteiger partial charge >= 0.3 is 0 Å². The fourth-order valence-electron chi connectivity index (χ4n) is 4.89. The third-order valence-electron chi connectivity index (χ3n) is 6.75. The Morgan fingerprint density at radius 1 is 0.913 bits per heavy atom. The zero-order valence-corrected chi connectivity index (χ0v) is 16.3. The van der Waals surface area contributed by atoms with E-state index in [1.807, 2.05) is 0 Å². The lowest BCUT2D eigenvalue weighted by Crippen LogP contribution is -2.43. The maximum absolute atomic E-state index is 6.68. The highest BCUT2D eigenvalue weighted by molar-refractivity contribution is 5.23. The van der Waals surface area contributed by atoms with Crippen LogP contribution in [0, 0.1) is 17.3 Å². The van der Waals surface area contributed by atoms with Crippen LogP contribution in [0.5, 0.6) is 0 Å². The van der Waals surface area contributed by atoms with Gasteiger partial charge in [-0.1, -0.05) is 64.0 Å². The van der Waals surface area contributed by atoms with E-state index in [2.05, 4.69) is 33.8 Å². The fraction of sp³-hybridized carbons (Fsp3) is 0.909. The first-order chi connectivity index (χ1) is 10.9. The summed E-state index contributed by atoms with van der Waals surface area (Å²) in [6, 6.07) is 0. The Morgan fingerprint density at radius 2 is 1.48 bits per heavy atom. The smallest absolute Gasteiger partial charge is 0.0314 e. The third kappa shape index (κ3) is 5.08. The summed E-state index contributed by atoms with van der Waals surface area (Å²) >= 11 is 0. The Morgan fingerprint density at radius 3 is 2.00 bits per heavy atom. The molecule has 134 valence electrons. The summed E-state index contributed by atoms with van der Waals surface area (Å²) in [5.41, 5.74) is 8.56. The molecular weight excluding hydrogens is 278 g/mol. The second-order valence-electron chi connectivity index (χ2n) is 9.12. The van der Waals surface area contributed by atoms with Gasteiger partial charge in [0.05, 0.1) is 0 Å². The first-order valence-electron chi connectivity index (χ1n) is 10.4. The van der Waals surface area contributed by atoms with Crippen LogP contribution in [0.2, 0.25) is 0 Å². The van der Waals surface area contributed by atoms with Crippen molar-refractivity contribution in [2.24, 2.45) is 23.0 Å². The Bertz CT molecular complexity index is 385. The van der Waals surface area contributed by atoms with Gasteiger partial charge in [-0.15, -0.1) is 0 Å². The molecule has 0 amide bonds. The third-order valence-corrected chi connectivity index (χ3v) is 6.75. The molecule has 2 unspecified atom stereocenters. The Labute approximate surface area is 145 Å². The van der Waals surface area contributed by atoms with Gasteiger partial charge in [0.1, 0.15) is 0 Å². The molecule has 0 aliphatic heterocycles. The van der Waals surface area contributed by atoms with E-state index in [4.69, 9.17) is 5.73 Å². The van der Waals surface area contributed by atoms with E-state index < -0.39 is 0 Å². The molecule has 2 N–H and O–H groups in total. The molecule has 2 rings (SSSR count). The van der Waals surface area contributed by atoms with Crippen LogP contribution in [-0.4, -0.2) is 5.54 Å². The van der Waals surface area contributed by atoms with E-state index >= 15 is 0 Å². The number of hydrogen-bond donors (Lipinski definition) is 1. The summed E-state index contributed by atoms with van der Waals surface area (Å²) in [7, 11) is 0. The fourth-order valence-corrected chi connectivity index (χ4v) is 4.89. The molecule has 0 aromatic rings. The predicted octanol–water partition coefficient (Wildman–Crippen LogP) is 6.62. The van der Waals surface area contributed by atoms with Crippen molar-refractivity contribution in [2.45, 2.75) is 110 Å². The van der Waals surface area contributed by atoms with Crippen molar-refractivity contribution in [3.05, 3.63) is 11.6 Å². The maximum Gasteiger partial charge on any atom is 0.0314 e. The normalized spacial score (nSPS) is 28.2. The van der Waals surface area contributed by atoms with Gasteiger partial charge in [0.2, 0.25) is 0 Å². The average molecular weight is 320 g/mol. The number of nitrogens with two attached hydrogens (primary N) is 1.